The molecule has 2 amide bonds. The molecule has 1 aliphatic rings. The van der Waals surface area contributed by atoms with Crippen LogP contribution in [0.1, 0.15) is 18.1 Å². The molecule has 0 aliphatic carbocycles. The van der Waals surface area contributed by atoms with E-state index in [0.29, 0.717) is 28.4 Å². The van der Waals surface area contributed by atoms with Crippen LogP contribution < -0.4 is 9.80 Å². The molecule has 4 rings (SSSR count). The Hall–Kier alpha value is -3.44. The standard InChI is InChI=1S/C25H20ClFN2O2/c1-3-28(19-8-5-4-6-9-19)23-22(17-12-14-18(27)15-13-17)24(30)29(25(23)31)21-11-7-10-20(26)16(21)2/h4-15H,3H2,1-2H3. The molecule has 0 bridgehead atoms. The highest BCUT2D eigenvalue weighted by Gasteiger charge is 2.43. The molecule has 156 valence electrons. The maximum Gasteiger partial charge on any atom is 0.282 e. The van der Waals surface area contributed by atoms with E-state index in [1.54, 1.807) is 30.0 Å². The molecule has 0 saturated carbocycles. The van der Waals surface area contributed by atoms with Crippen LogP contribution in [0.25, 0.3) is 5.57 Å². The van der Waals surface area contributed by atoms with Crippen molar-refractivity contribution in [1.82, 2.24) is 0 Å². The van der Waals surface area contributed by atoms with Crippen molar-refractivity contribution in [3.8, 4) is 0 Å². The van der Waals surface area contributed by atoms with Crippen LogP contribution in [-0.4, -0.2) is 18.4 Å². The average molecular weight is 435 g/mol. The van der Waals surface area contributed by atoms with Gasteiger partial charge in [-0.1, -0.05) is 48.0 Å². The largest absolute Gasteiger partial charge is 0.337 e. The molecule has 6 heteroatoms. The second-order valence-corrected chi connectivity index (χ2v) is 7.55. The fourth-order valence-corrected chi connectivity index (χ4v) is 3.95. The van der Waals surface area contributed by atoms with Gasteiger partial charge in [0.1, 0.15) is 11.5 Å². The van der Waals surface area contributed by atoms with Crippen LogP contribution in [0.15, 0.2) is 78.5 Å². The number of carbonyl (C=O) groups is 2. The quantitative estimate of drug-likeness (QED) is 0.491. The molecule has 0 spiro atoms. The number of carbonyl (C=O) groups excluding carboxylic acids is 2. The number of hydrogen-bond donors (Lipinski definition) is 0. The third kappa shape index (κ3) is 3.62. The van der Waals surface area contributed by atoms with Gasteiger partial charge in [-0.05, 0) is 61.4 Å². The van der Waals surface area contributed by atoms with Crippen LogP contribution in [-0.2, 0) is 9.59 Å². The summed E-state index contributed by atoms with van der Waals surface area (Å²) in [6.45, 7) is 4.14. The molecule has 4 nitrogen and oxygen atoms in total. The predicted molar refractivity (Wildman–Crippen MR) is 121 cm³/mol. The zero-order chi connectivity index (χ0) is 22.1. The van der Waals surface area contributed by atoms with Gasteiger partial charge in [-0.3, -0.25) is 9.59 Å². The first-order valence-corrected chi connectivity index (χ1v) is 10.3. The summed E-state index contributed by atoms with van der Waals surface area (Å²) < 4.78 is 13.6. The van der Waals surface area contributed by atoms with E-state index >= 15 is 0 Å². The van der Waals surface area contributed by atoms with Crippen molar-refractivity contribution < 1.29 is 14.0 Å². The van der Waals surface area contributed by atoms with Gasteiger partial charge in [0, 0.05) is 17.3 Å². The van der Waals surface area contributed by atoms with Gasteiger partial charge in [0.25, 0.3) is 11.8 Å². The number of para-hydroxylation sites is 1. The van der Waals surface area contributed by atoms with Gasteiger partial charge in [0.15, 0.2) is 0 Å². The Balaban J connectivity index is 1.93. The van der Waals surface area contributed by atoms with Gasteiger partial charge in [0.2, 0.25) is 0 Å². The van der Waals surface area contributed by atoms with Crippen LogP contribution >= 0.6 is 11.6 Å². The third-order valence-electron chi connectivity index (χ3n) is 5.33. The summed E-state index contributed by atoms with van der Waals surface area (Å²) in [5.41, 5.74) is 2.81. The van der Waals surface area contributed by atoms with E-state index in [2.05, 4.69) is 0 Å². The van der Waals surface area contributed by atoms with Gasteiger partial charge >= 0.3 is 0 Å². The molecule has 3 aromatic rings. The van der Waals surface area contributed by atoms with E-state index in [0.717, 1.165) is 10.6 Å². The van der Waals surface area contributed by atoms with Crippen LogP contribution in [0.2, 0.25) is 5.02 Å². The number of nitrogens with zero attached hydrogens (tertiary/aromatic N) is 2. The van der Waals surface area contributed by atoms with Crippen LogP contribution in [0.5, 0.6) is 0 Å². The van der Waals surface area contributed by atoms with Crippen molar-refractivity contribution in [2.75, 3.05) is 16.3 Å². The van der Waals surface area contributed by atoms with Gasteiger partial charge in [-0.2, -0.15) is 0 Å². The number of benzene rings is 3. The Bertz CT molecular complexity index is 1190. The minimum Gasteiger partial charge on any atom is -0.337 e. The van der Waals surface area contributed by atoms with Crippen molar-refractivity contribution in [3.05, 3.63) is 100 Å². The van der Waals surface area contributed by atoms with Crippen molar-refractivity contribution in [2.45, 2.75) is 13.8 Å². The Morgan fingerprint density at radius 1 is 0.903 bits per heavy atom. The van der Waals surface area contributed by atoms with Crippen molar-refractivity contribution in [1.29, 1.82) is 0 Å². The van der Waals surface area contributed by atoms with Crippen LogP contribution in [0.3, 0.4) is 0 Å². The average Bonchev–Trinajstić information content (AvgIpc) is 3.02. The van der Waals surface area contributed by atoms with E-state index in [4.69, 9.17) is 11.6 Å². The molecule has 0 aromatic heterocycles. The first-order chi connectivity index (χ1) is 14.9. The highest BCUT2D eigenvalue weighted by atomic mass is 35.5. The zero-order valence-electron chi connectivity index (χ0n) is 17.1. The number of hydrogen-bond acceptors (Lipinski definition) is 3. The third-order valence-corrected chi connectivity index (χ3v) is 5.74. The summed E-state index contributed by atoms with van der Waals surface area (Å²) in [4.78, 5) is 30.3. The lowest BCUT2D eigenvalue weighted by atomic mass is 10.0. The van der Waals surface area contributed by atoms with E-state index in [-0.39, 0.29) is 11.3 Å². The zero-order valence-corrected chi connectivity index (χ0v) is 17.9. The second kappa shape index (κ2) is 8.36. The molecule has 0 N–H and O–H groups in total. The van der Waals surface area contributed by atoms with Gasteiger partial charge in [-0.15, -0.1) is 0 Å². The van der Waals surface area contributed by atoms with Gasteiger partial charge in [-0.25, -0.2) is 9.29 Å². The molecular weight excluding hydrogens is 415 g/mol. The maximum absolute atomic E-state index is 13.7. The van der Waals surface area contributed by atoms with Crippen molar-refractivity contribution in [3.63, 3.8) is 0 Å². The van der Waals surface area contributed by atoms with E-state index in [1.165, 1.54) is 24.3 Å². The Morgan fingerprint density at radius 2 is 1.58 bits per heavy atom. The first-order valence-electron chi connectivity index (χ1n) is 9.90. The minimum absolute atomic E-state index is 0.232. The lowest BCUT2D eigenvalue weighted by Gasteiger charge is -2.25. The molecular formula is C25H20ClFN2O2. The molecule has 31 heavy (non-hydrogen) atoms. The normalized spacial score (nSPS) is 13.9. The molecule has 3 aromatic carbocycles. The number of imide groups is 1. The van der Waals surface area contributed by atoms with Gasteiger partial charge < -0.3 is 4.90 Å². The SMILES string of the molecule is CCN(C1=C(c2ccc(F)cc2)C(=O)N(c2cccc(Cl)c2C)C1=O)c1ccccc1. The van der Waals surface area contributed by atoms with E-state index in [1.807, 2.05) is 37.3 Å². The molecule has 0 radical (unpaired) electrons. The Morgan fingerprint density at radius 3 is 2.23 bits per heavy atom. The lowest BCUT2D eigenvalue weighted by molar-refractivity contribution is -0.120. The maximum atomic E-state index is 13.7. The molecule has 0 fully saturated rings. The van der Waals surface area contributed by atoms with E-state index < -0.39 is 17.6 Å². The van der Waals surface area contributed by atoms with Crippen LogP contribution in [0, 0.1) is 12.7 Å². The van der Waals surface area contributed by atoms with Gasteiger partial charge in [0.05, 0.1) is 11.3 Å². The van der Waals surface area contributed by atoms with E-state index in [9.17, 15) is 14.0 Å². The highest BCUT2D eigenvalue weighted by Crippen LogP contribution is 2.38. The monoisotopic (exact) mass is 434 g/mol. The molecule has 0 atom stereocenters. The summed E-state index contributed by atoms with van der Waals surface area (Å²) in [5.74, 6) is -1.33. The summed E-state index contributed by atoms with van der Waals surface area (Å²) in [6, 6.07) is 20.1. The smallest absolute Gasteiger partial charge is 0.282 e. The summed E-state index contributed by atoms with van der Waals surface area (Å²) in [5, 5.41) is 0.463. The lowest BCUT2D eigenvalue weighted by Crippen LogP contribution is -2.35. The number of anilines is 2. The Kier molecular flexibility index (Phi) is 5.61. The fourth-order valence-electron chi connectivity index (χ4n) is 3.78. The topological polar surface area (TPSA) is 40.6 Å². The number of amides is 2. The second-order valence-electron chi connectivity index (χ2n) is 7.14. The number of likely N-dealkylation sites (N-methyl/N-ethyl adjacent to an activating group) is 1. The highest BCUT2D eigenvalue weighted by molar-refractivity contribution is 6.46. The van der Waals surface area contributed by atoms with Crippen LogP contribution in [0.4, 0.5) is 15.8 Å². The minimum atomic E-state index is -0.466. The van der Waals surface area contributed by atoms with Crippen molar-refractivity contribution >= 4 is 40.4 Å². The fraction of sp³-hybridized carbons (Fsp3) is 0.120. The molecule has 1 aliphatic heterocycles. The number of rotatable bonds is 5. The Labute approximate surface area is 185 Å². The summed E-state index contributed by atoms with van der Waals surface area (Å²) in [7, 11) is 0. The first kappa shape index (κ1) is 20.8. The molecule has 1 heterocycles. The molecule has 0 saturated heterocycles. The number of halogens is 2. The summed E-state index contributed by atoms with van der Waals surface area (Å²) in [6.07, 6.45) is 0. The molecule has 0 unspecified atom stereocenters. The van der Waals surface area contributed by atoms with Crippen molar-refractivity contribution in [2.24, 2.45) is 0 Å². The summed E-state index contributed by atoms with van der Waals surface area (Å²) >= 11 is 6.27. The predicted octanol–water partition coefficient (Wildman–Crippen LogP) is 5.60.